The summed E-state index contributed by atoms with van der Waals surface area (Å²) in [4.78, 5) is 26.4. The van der Waals surface area contributed by atoms with E-state index in [9.17, 15) is 14.7 Å². The molecule has 19 heavy (non-hydrogen) atoms. The van der Waals surface area contributed by atoms with Gasteiger partial charge in [-0.25, -0.2) is 4.79 Å². The van der Waals surface area contributed by atoms with Gasteiger partial charge in [-0.05, 0) is 42.8 Å². The van der Waals surface area contributed by atoms with Gasteiger partial charge in [-0.2, -0.15) is 0 Å². The van der Waals surface area contributed by atoms with E-state index in [0.29, 0.717) is 18.4 Å². The van der Waals surface area contributed by atoms with Crippen LogP contribution in [0.1, 0.15) is 29.6 Å². The number of aromatic nitrogens is 1. The number of rotatable bonds is 3. The highest BCUT2D eigenvalue weighted by Gasteiger charge is 2.45. The average molecular weight is 258 g/mol. The monoisotopic (exact) mass is 258 g/mol. The molecule has 5 heteroatoms. The molecule has 0 bridgehead atoms. The Kier molecular flexibility index (Phi) is 2.55. The fourth-order valence-corrected chi connectivity index (χ4v) is 2.40. The average Bonchev–Trinajstić information content (AvgIpc) is 2.79. The van der Waals surface area contributed by atoms with Crippen LogP contribution in [0.5, 0.6) is 0 Å². The molecule has 3 rings (SSSR count). The number of carbonyl (C=O) groups excluding carboxylic acids is 1. The van der Waals surface area contributed by atoms with E-state index >= 15 is 0 Å². The van der Waals surface area contributed by atoms with Crippen molar-refractivity contribution in [1.82, 2.24) is 10.3 Å². The minimum atomic E-state index is -1.07. The summed E-state index contributed by atoms with van der Waals surface area (Å²) in [6, 6.07) is 7.20. The van der Waals surface area contributed by atoms with Crippen molar-refractivity contribution >= 4 is 22.8 Å². The van der Waals surface area contributed by atoms with Crippen LogP contribution in [0.3, 0.4) is 0 Å². The standard InChI is InChI=1S/C14H14N2O3/c17-12(16-14(13(18)19)5-1-6-14)10-3-2-9-4-7-15-11(9)8-10/h2-4,7-8,15H,1,5-6H2,(H,16,17)(H,18,19). The molecule has 0 atom stereocenters. The van der Waals surface area contributed by atoms with Crippen LogP contribution in [-0.4, -0.2) is 27.5 Å². The zero-order chi connectivity index (χ0) is 13.5. The molecule has 0 aliphatic heterocycles. The smallest absolute Gasteiger partial charge is 0.329 e. The molecule has 1 aromatic heterocycles. The highest BCUT2D eigenvalue weighted by atomic mass is 16.4. The Morgan fingerprint density at radius 3 is 2.68 bits per heavy atom. The lowest BCUT2D eigenvalue weighted by Crippen LogP contribution is -2.59. The van der Waals surface area contributed by atoms with Gasteiger partial charge in [-0.1, -0.05) is 6.07 Å². The summed E-state index contributed by atoms with van der Waals surface area (Å²) in [5.74, 6) is -1.29. The second-order valence-electron chi connectivity index (χ2n) is 4.97. The Hall–Kier alpha value is -2.30. The molecule has 2 aromatic rings. The van der Waals surface area contributed by atoms with E-state index in [1.54, 1.807) is 18.3 Å². The maximum atomic E-state index is 12.1. The van der Waals surface area contributed by atoms with Crippen LogP contribution in [0.25, 0.3) is 10.9 Å². The number of benzene rings is 1. The molecule has 3 N–H and O–H groups in total. The molecule has 0 unspecified atom stereocenters. The maximum Gasteiger partial charge on any atom is 0.329 e. The van der Waals surface area contributed by atoms with Crippen LogP contribution in [-0.2, 0) is 4.79 Å². The van der Waals surface area contributed by atoms with Gasteiger partial charge in [-0.15, -0.1) is 0 Å². The number of fused-ring (bicyclic) bond motifs is 1. The summed E-state index contributed by atoms with van der Waals surface area (Å²) in [6.07, 6.45) is 3.64. The van der Waals surface area contributed by atoms with Crippen LogP contribution in [0.2, 0.25) is 0 Å². The van der Waals surface area contributed by atoms with E-state index < -0.39 is 11.5 Å². The molecular weight excluding hydrogens is 244 g/mol. The number of aromatic amines is 1. The lowest BCUT2D eigenvalue weighted by Gasteiger charge is -2.38. The fourth-order valence-electron chi connectivity index (χ4n) is 2.40. The van der Waals surface area contributed by atoms with Gasteiger partial charge in [0.05, 0.1) is 0 Å². The highest BCUT2D eigenvalue weighted by molar-refractivity contribution is 6.00. The van der Waals surface area contributed by atoms with Crippen molar-refractivity contribution in [3.8, 4) is 0 Å². The van der Waals surface area contributed by atoms with E-state index in [1.165, 1.54) is 0 Å². The molecule has 0 saturated heterocycles. The Morgan fingerprint density at radius 2 is 2.05 bits per heavy atom. The normalized spacial score (nSPS) is 16.8. The van der Waals surface area contributed by atoms with Gasteiger partial charge in [0.1, 0.15) is 5.54 Å². The van der Waals surface area contributed by atoms with Crippen LogP contribution < -0.4 is 5.32 Å². The predicted octanol–water partition coefficient (Wildman–Crippen LogP) is 1.90. The van der Waals surface area contributed by atoms with Crippen molar-refractivity contribution in [1.29, 1.82) is 0 Å². The van der Waals surface area contributed by atoms with E-state index in [-0.39, 0.29) is 5.91 Å². The first-order valence-corrected chi connectivity index (χ1v) is 6.24. The molecule has 1 saturated carbocycles. The minimum Gasteiger partial charge on any atom is -0.480 e. The van der Waals surface area contributed by atoms with E-state index in [0.717, 1.165) is 17.3 Å². The third-order valence-electron chi connectivity index (χ3n) is 3.79. The Labute approximate surface area is 109 Å². The molecule has 1 fully saturated rings. The van der Waals surface area contributed by atoms with Gasteiger partial charge >= 0.3 is 5.97 Å². The van der Waals surface area contributed by atoms with Crippen LogP contribution >= 0.6 is 0 Å². The Bertz CT molecular complexity index is 656. The van der Waals surface area contributed by atoms with Crippen molar-refractivity contribution in [2.24, 2.45) is 0 Å². The molecule has 1 amide bonds. The number of carbonyl (C=O) groups is 2. The quantitative estimate of drug-likeness (QED) is 0.786. The van der Waals surface area contributed by atoms with Crippen LogP contribution in [0.4, 0.5) is 0 Å². The number of carboxylic acids is 1. The van der Waals surface area contributed by atoms with Crippen molar-refractivity contribution in [3.05, 3.63) is 36.0 Å². The number of nitrogens with one attached hydrogen (secondary N) is 2. The first-order chi connectivity index (χ1) is 9.11. The molecule has 98 valence electrons. The van der Waals surface area contributed by atoms with Gasteiger partial charge < -0.3 is 15.4 Å². The van der Waals surface area contributed by atoms with Gasteiger partial charge in [-0.3, -0.25) is 4.79 Å². The van der Waals surface area contributed by atoms with E-state index in [1.807, 2.05) is 12.1 Å². The molecular formula is C14H14N2O3. The summed E-state index contributed by atoms with van der Waals surface area (Å²) in [5, 5.41) is 12.9. The Balaban J connectivity index is 1.85. The summed E-state index contributed by atoms with van der Waals surface area (Å²) >= 11 is 0. The number of hydrogen-bond donors (Lipinski definition) is 3. The number of amides is 1. The topological polar surface area (TPSA) is 82.2 Å². The molecule has 1 aliphatic rings. The van der Waals surface area contributed by atoms with Gasteiger partial charge in [0.25, 0.3) is 5.91 Å². The van der Waals surface area contributed by atoms with Crippen LogP contribution in [0.15, 0.2) is 30.5 Å². The third-order valence-corrected chi connectivity index (χ3v) is 3.79. The first-order valence-electron chi connectivity index (χ1n) is 6.24. The first kappa shape index (κ1) is 11.8. The zero-order valence-corrected chi connectivity index (χ0v) is 10.3. The molecule has 0 spiro atoms. The second kappa shape index (κ2) is 4.12. The minimum absolute atomic E-state index is 0.335. The highest BCUT2D eigenvalue weighted by Crippen LogP contribution is 2.32. The van der Waals surface area contributed by atoms with Gasteiger partial charge in [0, 0.05) is 17.3 Å². The molecule has 1 aliphatic carbocycles. The molecule has 5 nitrogen and oxygen atoms in total. The summed E-state index contributed by atoms with van der Waals surface area (Å²) in [5.41, 5.74) is 0.273. The van der Waals surface area contributed by atoms with Gasteiger partial charge in [0.15, 0.2) is 0 Å². The Morgan fingerprint density at radius 1 is 1.26 bits per heavy atom. The molecule has 1 aromatic carbocycles. The van der Waals surface area contributed by atoms with E-state index in [2.05, 4.69) is 10.3 Å². The van der Waals surface area contributed by atoms with Crippen molar-refractivity contribution in [2.45, 2.75) is 24.8 Å². The maximum absolute atomic E-state index is 12.1. The molecule has 0 radical (unpaired) electrons. The van der Waals surface area contributed by atoms with Gasteiger partial charge in [0.2, 0.25) is 0 Å². The number of carboxylic acid groups (broad SMARTS) is 1. The van der Waals surface area contributed by atoms with Crippen LogP contribution in [0, 0.1) is 0 Å². The van der Waals surface area contributed by atoms with Crippen molar-refractivity contribution in [3.63, 3.8) is 0 Å². The van der Waals surface area contributed by atoms with Crippen molar-refractivity contribution < 1.29 is 14.7 Å². The lowest BCUT2D eigenvalue weighted by atomic mass is 9.76. The largest absolute Gasteiger partial charge is 0.480 e. The molecule has 1 heterocycles. The SMILES string of the molecule is O=C(NC1(C(=O)O)CCC1)c1ccc2cc[nH]c2c1. The second-order valence-corrected chi connectivity index (χ2v) is 4.97. The van der Waals surface area contributed by atoms with Crippen molar-refractivity contribution in [2.75, 3.05) is 0 Å². The zero-order valence-electron chi connectivity index (χ0n) is 10.3. The summed E-state index contributed by atoms with van der Waals surface area (Å²) in [7, 11) is 0. The number of H-pyrrole nitrogens is 1. The third kappa shape index (κ3) is 1.87. The summed E-state index contributed by atoms with van der Waals surface area (Å²) in [6.45, 7) is 0. The summed E-state index contributed by atoms with van der Waals surface area (Å²) < 4.78 is 0. The fraction of sp³-hybridized carbons (Fsp3) is 0.286. The number of aliphatic carboxylic acids is 1. The predicted molar refractivity (Wildman–Crippen MR) is 70.0 cm³/mol. The number of hydrogen-bond acceptors (Lipinski definition) is 2. The van der Waals surface area contributed by atoms with E-state index in [4.69, 9.17) is 0 Å². The lowest BCUT2D eigenvalue weighted by molar-refractivity contribution is -0.148.